The van der Waals surface area contributed by atoms with Crippen LogP contribution in [0.1, 0.15) is 6.42 Å². The van der Waals surface area contributed by atoms with Gasteiger partial charge in [0.25, 0.3) is 0 Å². The van der Waals surface area contributed by atoms with Crippen LogP contribution in [-0.2, 0) is 0 Å². The molecular formula is C9H8. The van der Waals surface area contributed by atoms with Crippen molar-refractivity contribution in [3.63, 3.8) is 0 Å². The van der Waals surface area contributed by atoms with Gasteiger partial charge in [-0.05, 0) is 17.6 Å². The molecule has 2 aliphatic rings. The van der Waals surface area contributed by atoms with Gasteiger partial charge in [0.15, 0.2) is 0 Å². The lowest BCUT2D eigenvalue weighted by Gasteiger charge is -2.09. The molecule has 0 N–H and O–H groups in total. The summed E-state index contributed by atoms with van der Waals surface area (Å²) in [6.45, 7) is 0. The Morgan fingerprint density at radius 1 is 1.00 bits per heavy atom. The molecule has 0 spiro atoms. The largest absolute Gasteiger partial charge is 0.0801 e. The highest BCUT2D eigenvalue weighted by Crippen LogP contribution is 2.24. The number of hydrogen-bond acceptors (Lipinski definition) is 0. The molecule has 0 radical (unpaired) electrons. The molecule has 2 rings (SSSR count). The summed E-state index contributed by atoms with van der Waals surface area (Å²) in [6.07, 6.45) is 14.0. The van der Waals surface area contributed by atoms with Gasteiger partial charge in [-0.3, -0.25) is 0 Å². The number of allylic oxidation sites excluding steroid dienone is 8. The minimum atomic E-state index is 1.11. The molecule has 0 aliphatic heterocycles. The van der Waals surface area contributed by atoms with Crippen molar-refractivity contribution in [2.75, 3.05) is 0 Å². The predicted molar refractivity (Wildman–Crippen MR) is 39.1 cm³/mol. The van der Waals surface area contributed by atoms with Crippen molar-refractivity contribution in [3.05, 3.63) is 47.6 Å². The van der Waals surface area contributed by atoms with Crippen molar-refractivity contribution >= 4 is 0 Å². The van der Waals surface area contributed by atoms with Gasteiger partial charge in [-0.2, -0.15) is 0 Å². The zero-order valence-electron chi connectivity index (χ0n) is 5.17. The second-order valence-corrected chi connectivity index (χ2v) is 2.31. The second-order valence-electron chi connectivity index (χ2n) is 2.31. The Bertz CT molecular complexity index is 237. The molecule has 0 atom stereocenters. The summed E-state index contributed by atoms with van der Waals surface area (Å²) in [5.74, 6) is 0. The topological polar surface area (TPSA) is 0 Å². The first-order chi connectivity index (χ1) is 4.47. The average Bonchev–Trinajstić information content (AvgIpc) is 1.94. The molecule has 0 saturated heterocycles. The van der Waals surface area contributed by atoms with E-state index in [2.05, 4.69) is 36.5 Å². The first-order valence-electron chi connectivity index (χ1n) is 3.21. The third kappa shape index (κ3) is 0.672. The highest BCUT2D eigenvalue weighted by molar-refractivity contribution is 5.53. The highest BCUT2D eigenvalue weighted by Gasteiger charge is 2.05. The van der Waals surface area contributed by atoms with Crippen molar-refractivity contribution in [2.45, 2.75) is 6.42 Å². The molecule has 0 aromatic carbocycles. The maximum absolute atomic E-state index is 2.18. The molecule has 0 fully saturated rings. The Hall–Kier alpha value is -1.04. The van der Waals surface area contributed by atoms with Crippen LogP contribution >= 0.6 is 0 Å². The smallest absolute Gasteiger partial charge is 0.00884 e. The third-order valence-corrected chi connectivity index (χ3v) is 1.70. The molecule has 0 aromatic rings. The lowest BCUT2D eigenvalue weighted by Crippen LogP contribution is -1.90. The molecule has 0 aromatic heterocycles. The molecule has 0 nitrogen and oxygen atoms in total. The van der Waals surface area contributed by atoms with E-state index in [-0.39, 0.29) is 0 Å². The lowest BCUT2D eigenvalue weighted by molar-refractivity contribution is 1.23. The normalized spacial score (nSPS) is 21.3. The van der Waals surface area contributed by atoms with E-state index in [0.29, 0.717) is 0 Å². The summed E-state index contributed by atoms with van der Waals surface area (Å²) < 4.78 is 0. The minimum absolute atomic E-state index is 1.11. The zero-order chi connectivity index (χ0) is 6.10. The summed E-state index contributed by atoms with van der Waals surface area (Å²) in [5.41, 5.74) is 2.88. The molecule has 0 unspecified atom stereocenters. The Morgan fingerprint density at radius 2 is 2.00 bits per heavy atom. The van der Waals surface area contributed by atoms with Crippen LogP contribution in [-0.4, -0.2) is 0 Å². The number of rotatable bonds is 0. The van der Waals surface area contributed by atoms with E-state index in [1.54, 1.807) is 0 Å². The van der Waals surface area contributed by atoms with E-state index in [9.17, 15) is 0 Å². The van der Waals surface area contributed by atoms with E-state index in [0.717, 1.165) is 6.42 Å². The van der Waals surface area contributed by atoms with Crippen LogP contribution in [0.25, 0.3) is 0 Å². The molecule has 9 heavy (non-hydrogen) atoms. The van der Waals surface area contributed by atoms with Crippen molar-refractivity contribution in [3.8, 4) is 0 Å². The van der Waals surface area contributed by atoms with Gasteiger partial charge in [0.2, 0.25) is 0 Å². The number of hydrogen-bond donors (Lipinski definition) is 0. The summed E-state index contributed by atoms with van der Waals surface area (Å²) in [4.78, 5) is 0. The second kappa shape index (κ2) is 1.73. The lowest BCUT2D eigenvalue weighted by atomic mass is 9.96. The van der Waals surface area contributed by atoms with Crippen LogP contribution in [0.3, 0.4) is 0 Å². The Labute approximate surface area is 54.9 Å². The summed E-state index contributed by atoms with van der Waals surface area (Å²) in [6, 6.07) is 0. The molecule has 2 aliphatic carbocycles. The van der Waals surface area contributed by atoms with E-state index >= 15 is 0 Å². The van der Waals surface area contributed by atoms with E-state index < -0.39 is 0 Å². The molecular weight excluding hydrogens is 108 g/mol. The fourth-order valence-corrected chi connectivity index (χ4v) is 1.08. The third-order valence-electron chi connectivity index (χ3n) is 1.70. The predicted octanol–water partition coefficient (Wildman–Crippen LogP) is 2.37. The van der Waals surface area contributed by atoms with E-state index in [1.165, 1.54) is 11.1 Å². The van der Waals surface area contributed by atoms with Crippen LogP contribution in [0.5, 0.6) is 0 Å². The van der Waals surface area contributed by atoms with Crippen LogP contribution in [0, 0.1) is 0 Å². The van der Waals surface area contributed by atoms with Gasteiger partial charge >= 0.3 is 0 Å². The first kappa shape index (κ1) is 4.80. The van der Waals surface area contributed by atoms with Crippen molar-refractivity contribution in [1.29, 1.82) is 0 Å². The van der Waals surface area contributed by atoms with E-state index in [1.807, 2.05) is 0 Å². The molecule has 0 bridgehead atoms. The van der Waals surface area contributed by atoms with Crippen LogP contribution in [0.15, 0.2) is 47.6 Å². The maximum Gasteiger partial charge on any atom is -0.00884 e. The van der Waals surface area contributed by atoms with Gasteiger partial charge in [0, 0.05) is 0 Å². The maximum atomic E-state index is 2.18. The quantitative estimate of drug-likeness (QED) is 0.455. The summed E-state index contributed by atoms with van der Waals surface area (Å²) >= 11 is 0. The Balaban J connectivity index is 2.33. The van der Waals surface area contributed by atoms with Crippen LogP contribution in [0.4, 0.5) is 0 Å². The SMILES string of the molecule is C1=CCC2=C(C=C1)C=C2. The van der Waals surface area contributed by atoms with Gasteiger partial charge in [0.1, 0.15) is 0 Å². The fraction of sp³-hybridized carbons (Fsp3) is 0.111. The Morgan fingerprint density at radius 3 is 2.78 bits per heavy atom. The van der Waals surface area contributed by atoms with Crippen molar-refractivity contribution < 1.29 is 0 Å². The van der Waals surface area contributed by atoms with Gasteiger partial charge in [-0.15, -0.1) is 0 Å². The summed E-state index contributed by atoms with van der Waals surface area (Å²) in [5, 5.41) is 0. The highest BCUT2D eigenvalue weighted by atomic mass is 14.1. The summed E-state index contributed by atoms with van der Waals surface area (Å²) in [7, 11) is 0. The first-order valence-corrected chi connectivity index (χ1v) is 3.21. The molecule has 0 heterocycles. The monoisotopic (exact) mass is 116 g/mol. The minimum Gasteiger partial charge on any atom is -0.0801 e. The van der Waals surface area contributed by atoms with E-state index in [4.69, 9.17) is 0 Å². The zero-order valence-corrected chi connectivity index (χ0v) is 5.17. The standard InChI is InChI=1S/C9H8/c1-2-4-8-6-7-9(8)5-3-1/h1-4,6-7H,5H2. The molecule has 0 saturated carbocycles. The van der Waals surface area contributed by atoms with Gasteiger partial charge in [-0.25, -0.2) is 0 Å². The van der Waals surface area contributed by atoms with Gasteiger partial charge in [-0.1, -0.05) is 36.5 Å². The molecule has 44 valence electrons. The van der Waals surface area contributed by atoms with Crippen molar-refractivity contribution in [1.82, 2.24) is 0 Å². The fourth-order valence-electron chi connectivity index (χ4n) is 1.08. The van der Waals surface area contributed by atoms with Crippen molar-refractivity contribution in [2.24, 2.45) is 0 Å². The van der Waals surface area contributed by atoms with Crippen LogP contribution < -0.4 is 0 Å². The Kier molecular flexibility index (Phi) is 0.922. The van der Waals surface area contributed by atoms with Crippen LogP contribution in [0.2, 0.25) is 0 Å². The van der Waals surface area contributed by atoms with Gasteiger partial charge in [0.05, 0.1) is 0 Å². The molecule has 0 heteroatoms. The molecule has 0 amide bonds. The average molecular weight is 116 g/mol. The van der Waals surface area contributed by atoms with Gasteiger partial charge < -0.3 is 0 Å².